The largest absolute Gasteiger partial charge is 0.417 e. The molecule has 1 aromatic carbocycles. The number of H-pyrrole nitrogens is 1. The smallest absolute Gasteiger partial charge is 0.306 e. The highest BCUT2D eigenvalue weighted by molar-refractivity contribution is 9.10. The van der Waals surface area contributed by atoms with E-state index in [1.165, 1.54) is 18.2 Å². The topological polar surface area (TPSA) is 45.8 Å². The van der Waals surface area contributed by atoms with Gasteiger partial charge in [0.15, 0.2) is 0 Å². The Morgan fingerprint density at radius 1 is 1.24 bits per heavy atom. The van der Waals surface area contributed by atoms with Crippen molar-refractivity contribution in [3.8, 4) is 11.4 Å². The highest BCUT2D eigenvalue weighted by Gasteiger charge is 2.34. The number of alkyl halides is 3. The van der Waals surface area contributed by atoms with Gasteiger partial charge in [0.1, 0.15) is 10.3 Å². The van der Waals surface area contributed by atoms with E-state index in [0.29, 0.717) is 5.69 Å². The standard InChI is InChI=1S/C14H12BrF3N2O/c1-7(2)11-10(15)13(21)20-12(19-11)8-5-3-4-6-9(8)14(16,17)18/h3-7H,1-2H3,(H,19,20,21). The number of hydrogen-bond acceptors (Lipinski definition) is 2. The summed E-state index contributed by atoms with van der Waals surface area (Å²) in [5.74, 6) is -0.182. The third-order valence-electron chi connectivity index (χ3n) is 2.92. The molecule has 21 heavy (non-hydrogen) atoms. The summed E-state index contributed by atoms with van der Waals surface area (Å²) < 4.78 is 39.4. The van der Waals surface area contributed by atoms with Gasteiger partial charge in [-0.15, -0.1) is 0 Å². The monoisotopic (exact) mass is 360 g/mol. The number of rotatable bonds is 2. The molecule has 0 amide bonds. The Labute approximate surface area is 127 Å². The van der Waals surface area contributed by atoms with Crippen LogP contribution in [0, 0.1) is 0 Å². The second kappa shape index (κ2) is 5.63. The van der Waals surface area contributed by atoms with E-state index in [1.54, 1.807) is 0 Å². The first-order valence-electron chi connectivity index (χ1n) is 6.18. The van der Waals surface area contributed by atoms with Crippen LogP contribution in [0.5, 0.6) is 0 Å². The van der Waals surface area contributed by atoms with E-state index in [1.807, 2.05) is 13.8 Å². The molecule has 0 spiro atoms. The second-order valence-corrected chi connectivity index (χ2v) is 5.60. The predicted molar refractivity (Wildman–Crippen MR) is 77.1 cm³/mol. The molecule has 2 rings (SSSR count). The molecule has 0 unspecified atom stereocenters. The Hall–Kier alpha value is -1.63. The highest BCUT2D eigenvalue weighted by atomic mass is 79.9. The molecule has 0 fully saturated rings. The first kappa shape index (κ1) is 15.8. The van der Waals surface area contributed by atoms with Gasteiger partial charge in [-0.05, 0) is 27.9 Å². The molecule has 0 bridgehead atoms. The van der Waals surface area contributed by atoms with Crippen LogP contribution in [0.25, 0.3) is 11.4 Å². The van der Waals surface area contributed by atoms with Gasteiger partial charge in [-0.3, -0.25) is 4.79 Å². The van der Waals surface area contributed by atoms with Crippen molar-refractivity contribution in [2.45, 2.75) is 25.9 Å². The molecule has 0 aliphatic rings. The van der Waals surface area contributed by atoms with Gasteiger partial charge in [0.25, 0.3) is 5.56 Å². The Balaban J connectivity index is 2.72. The molecule has 0 radical (unpaired) electrons. The predicted octanol–water partition coefficient (Wildman–Crippen LogP) is 4.34. The molecule has 0 saturated carbocycles. The van der Waals surface area contributed by atoms with E-state index in [0.717, 1.165) is 6.07 Å². The number of nitrogens with one attached hydrogen (secondary N) is 1. The van der Waals surface area contributed by atoms with Crippen LogP contribution < -0.4 is 5.56 Å². The average molecular weight is 361 g/mol. The minimum atomic E-state index is -4.51. The van der Waals surface area contributed by atoms with E-state index in [-0.39, 0.29) is 21.8 Å². The minimum absolute atomic E-state index is 0.0835. The van der Waals surface area contributed by atoms with Crippen LogP contribution in [-0.4, -0.2) is 9.97 Å². The highest BCUT2D eigenvalue weighted by Crippen LogP contribution is 2.36. The minimum Gasteiger partial charge on any atom is -0.306 e. The fourth-order valence-corrected chi connectivity index (χ4v) is 2.57. The lowest BCUT2D eigenvalue weighted by atomic mass is 10.1. The van der Waals surface area contributed by atoms with Crippen LogP contribution in [-0.2, 0) is 6.18 Å². The zero-order valence-electron chi connectivity index (χ0n) is 11.3. The molecule has 1 N–H and O–H groups in total. The van der Waals surface area contributed by atoms with Crippen LogP contribution >= 0.6 is 15.9 Å². The SMILES string of the molecule is CC(C)c1nc(-c2ccccc2C(F)(F)F)[nH]c(=O)c1Br. The lowest BCUT2D eigenvalue weighted by Gasteiger charge is -2.14. The van der Waals surface area contributed by atoms with Gasteiger partial charge >= 0.3 is 6.18 Å². The number of benzene rings is 1. The number of hydrogen-bond donors (Lipinski definition) is 1. The number of halogens is 4. The van der Waals surface area contributed by atoms with Gasteiger partial charge in [0, 0.05) is 5.56 Å². The van der Waals surface area contributed by atoms with Gasteiger partial charge in [0.05, 0.1) is 11.3 Å². The summed E-state index contributed by atoms with van der Waals surface area (Å²) in [4.78, 5) is 18.4. The fraction of sp³-hybridized carbons (Fsp3) is 0.286. The van der Waals surface area contributed by atoms with Crippen molar-refractivity contribution in [3.63, 3.8) is 0 Å². The Kier molecular flexibility index (Phi) is 4.22. The van der Waals surface area contributed by atoms with Crippen molar-refractivity contribution >= 4 is 15.9 Å². The maximum atomic E-state index is 13.0. The molecule has 1 aromatic heterocycles. The molecule has 0 aliphatic carbocycles. The first-order valence-corrected chi connectivity index (χ1v) is 6.97. The zero-order valence-corrected chi connectivity index (χ0v) is 12.8. The Morgan fingerprint density at radius 2 is 1.86 bits per heavy atom. The van der Waals surface area contributed by atoms with E-state index < -0.39 is 17.3 Å². The lowest BCUT2D eigenvalue weighted by Crippen LogP contribution is -2.16. The Morgan fingerprint density at radius 3 is 2.43 bits per heavy atom. The molecule has 1 heterocycles. The molecular weight excluding hydrogens is 349 g/mol. The van der Waals surface area contributed by atoms with Crippen LogP contribution in [0.4, 0.5) is 13.2 Å². The van der Waals surface area contributed by atoms with E-state index in [2.05, 4.69) is 25.9 Å². The lowest BCUT2D eigenvalue weighted by molar-refractivity contribution is -0.137. The second-order valence-electron chi connectivity index (χ2n) is 4.81. The summed E-state index contributed by atoms with van der Waals surface area (Å²) in [5.41, 5.74) is -1.05. The van der Waals surface area contributed by atoms with Gasteiger partial charge in [-0.1, -0.05) is 32.0 Å². The molecule has 0 saturated heterocycles. The van der Waals surface area contributed by atoms with Crippen molar-refractivity contribution in [1.29, 1.82) is 0 Å². The Bertz CT molecular complexity index is 723. The van der Waals surface area contributed by atoms with Gasteiger partial charge in [-0.2, -0.15) is 13.2 Å². The van der Waals surface area contributed by atoms with E-state index >= 15 is 0 Å². The first-order chi connectivity index (χ1) is 9.71. The molecule has 3 nitrogen and oxygen atoms in total. The van der Waals surface area contributed by atoms with Crippen molar-refractivity contribution in [2.24, 2.45) is 0 Å². The third-order valence-corrected chi connectivity index (χ3v) is 3.69. The maximum absolute atomic E-state index is 13.0. The molecule has 0 aliphatic heterocycles. The van der Waals surface area contributed by atoms with E-state index in [9.17, 15) is 18.0 Å². The van der Waals surface area contributed by atoms with Crippen LogP contribution in [0.1, 0.15) is 31.0 Å². The molecule has 2 aromatic rings. The van der Waals surface area contributed by atoms with Crippen molar-refractivity contribution < 1.29 is 13.2 Å². The summed E-state index contributed by atoms with van der Waals surface area (Å²) in [6.07, 6.45) is -4.51. The van der Waals surface area contributed by atoms with Crippen LogP contribution in [0.15, 0.2) is 33.5 Å². The quantitative estimate of drug-likeness (QED) is 0.865. The summed E-state index contributed by atoms with van der Waals surface area (Å²) in [6.45, 7) is 3.62. The molecule has 112 valence electrons. The zero-order chi connectivity index (χ0) is 15.8. The molecule has 7 heteroatoms. The van der Waals surface area contributed by atoms with Gasteiger partial charge in [0.2, 0.25) is 0 Å². The number of aromatic amines is 1. The fourth-order valence-electron chi connectivity index (χ4n) is 1.92. The molecule has 0 atom stereocenters. The molecular formula is C14H12BrF3N2O. The normalized spacial score (nSPS) is 12.0. The number of aromatic nitrogens is 2. The van der Waals surface area contributed by atoms with Crippen molar-refractivity contribution in [3.05, 3.63) is 50.3 Å². The number of nitrogens with zero attached hydrogens (tertiary/aromatic N) is 1. The van der Waals surface area contributed by atoms with Gasteiger partial charge < -0.3 is 4.98 Å². The maximum Gasteiger partial charge on any atom is 0.417 e. The van der Waals surface area contributed by atoms with Crippen LogP contribution in [0.3, 0.4) is 0 Å². The van der Waals surface area contributed by atoms with Crippen molar-refractivity contribution in [2.75, 3.05) is 0 Å². The van der Waals surface area contributed by atoms with Crippen LogP contribution in [0.2, 0.25) is 0 Å². The summed E-state index contributed by atoms with van der Waals surface area (Å²) in [5, 5.41) is 0. The summed E-state index contributed by atoms with van der Waals surface area (Å²) in [6, 6.07) is 5.03. The summed E-state index contributed by atoms with van der Waals surface area (Å²) in [7, 11) is 0. The van der Waals surface area contributed by atoms with Crippen molar-refractivity contribution in [1.82, 2.24) is 9.97 Å². The van der Waals surface area contributed by atoms with E-state index in [4.69, 9.17) is 0 Å². The third kappa shape index (κ3) is 3.18. The van der Waals surface area contributed by atoms with Gasteiger partial charge in [-0.25, -0.2) is 4.98 Å². The average Bonchev–Trinajstić information content (AvgIpc) is 2.40. The summed E-state index contributed by atoms with van der Waals surface area (Å²) >= 11 is 3.12.